The third-order valence-electron chi connectivity index (χ3n) is 4.74. The van der Waals surface area contributed by atoms with E-state index in [0.29, 0.717) is 24.4 Å². The molecule has 31 heavy (non-hydrogen) atoms. The fourth-order valence-electron chi connectivity index (χ4n) is 3.02. The van der Waals surface area contributed by atoms with Gasteiger partial charge in [0.15, 0.2) is 5.16 Å². The fourth-order valence-corrected chi connectivity index (χ4v) is 3.82. The number of carbonyl (C=O) groups excluding carboxylic acids is 2. The van der Waals surface area contributed by atoms with Gasteiger partial charge in [-0.2, -0.15) is 0 Å². The predicted molar refractivity (Wildman–Crippen MR) is 125 cm³/mol. The molecule has 0 atom stereocenters. The Morgan fingerprint density at radius 3 is 2.52 bits per heavy atom. The summed E-state index contributed by atoms with van der Waals surface area (Å²) >= 11 is 1.39. The van der Waals surface area contributed by atoms with Crippen LogP contribution in [0.3, 0.4) is 0 Å². The average molecular weight is 437 g/mol. The lowest BCUT2D eigenvalue weighted by molar-refractivity contribution is -0.118. The molecule has 3 aromatic rings. The molecule has 6 nitrogen and oxygen atoms in total. The molecule has 162 valence electrons. The van der Waals surface area contributed by atoms with Gasteiger partial charge < -0.3 is 10.6 Å². The molecule has 1 heterocycles. The molecular weight excluding hydrogens is 408 g/mol. The van der Waals surface area contributed by atoms with Gasteiger partial charge in [-0.05, 0) is 42.7 Å². The first-order chi connectivity index (χ1) is 15.2. The number of hydrogen-bond donors (Lipinski definition) is 2. The van der Waals surface area contributed by atoms with Crippen LogP contribution in [-0.4, -0.2) is 40.2 Å². The summed E-state index contributed by atoms with van der Waals surface area (Å²) in [5.41, 5.74) is 2.73. The molecule has 0 aliphatic heterocycles. The van der Waals surface area contributed by atoms with E-state index in [1.807, 2.05) is 41.1 Å². The van der Waals surface area contributed by atoms with Gasteiger partial charge in [0.05, 0.1) is 5.75 Å². The summed E-state index contributed by atoms with van der Waals surface area (Å²) in [6, 6.07) is 17.5. The molecule has 0 aliphatic carbocycles. The van der Waals surface area contributed by atoms with Crippen molar-refractivity contribution < 1.29 is 9.59 Å². The fraction of sp³-hybridized carbons (Fsp3) is 0.292. The van der Waals surface area contributed by atoms with E-state index in [-0.39, 0.29) is 11.8 Å². The van der Waals surface area contributed by atoms with Crippen molar-refractivity contribution in [2.75, 3.05) is 18.8 Å². The lowest BCUT2D eigenvalue weighted by Gasteiger charge is -2.09. The molecule has 3 rings (SSSR count). The van der Waals surface area contributed by atoms with Crippen LogP contribution in [0, 0.1) is 0 Å². The highest BCUT2D eigenvalue weighted by Crippen LogP contribution is 2.20. The monoisotopic (exact) mass is 436 g/mol. The van der Waals surface area contributed by atoms with Crippen LogP contribution in [0.1, 0.15) is 35.7 Å². The van der Waals surface area contributed by atoms with Crippen molar-refractivity contribution in [1.29, 1.82) is 0 Å². The Morgan fingerprint density at radius 1 is 1.00 bits per heavy atom. The zero-order chi connectivity index (χ0) is 21.9. The highest BCUT2D eigenvalue weighted by atomic mass is 32.2. The molecular formula is C24H28N4O2S. The SMILES string of the molecule is CCCCNC(=O)c1ccc(-n2ccnc2SCC(=O)NCCc2ccccc2)cc1. The Labute approximate surface area is 187 Å². The van der Waals surface area contributed by atoms with Crippen LogP contribution in [0.25, 0.3) is 5.69 Å². The second kappa shape index (κ2) is 12.0. The van der Waals surface area contributed by atoms with Gasteiger partial charge in [-0.1, -0.05) is 55.4 Å². The summed E-state index contributed by atoms with van der Waals surface area (Å²) in [5.74, 6) is 0.214. The third-order valence-corrected chi connectivity index (χ3v) is 5.71. The van der Waals surface area contributed by atoms with Crippen molar-refractivity contribution in [1.82, 2.24) is 20.2 Å². The van der Waals surface area contributed by atoms with Crippen molar-refractivity contribution in [2.24, 2.45) is 0 Å². The number of amides is 2. The molecule has 2 aromatic carbocycles. The van der Waals surface area contributed by atoms with Crippen LogP contribution in [-0.2, 0) is 11.2 Å². The standard InChI is InChI=1S/C24H28N4O2S/c1-2-3-14-26-23(30)20-9-11-21(12-10-20)28-17-16-27-24(28)31-18-22(29)25-15-13-19-7-5-4-6-8-19/h4-12,16-17H,2-3,13-15,18H2,1H3,(H,25,29)(H,26,30). The van der Waals surface area contributed by atoms with E-state index in [4.69, 9.17) is 0 Å². The van der Waals surface area contributed by atoms with Crippen LogP contribution in [0.2, 0.25) is 0 Å². The van der Waals surface area contributed by atoms with Crippen molar-refractivity contribution in [3.8, 4) is 5.69 Å². The summed E-state index contributed by atoms with van der Waals surface area (Å²) < 4.78 is 1.92. The molecule has 7 heteroatoms. The van der Waals surface area contributed by atoms with Crippen molar-refractivity contribution in [3.05, 3.63) is 78.1 Å². The van der Waals surface area contributed by atoms with Crippen LogP contribution in [0.15, 0.2) is 72.1 Å². The molecule has 0 fully saturated rings. The number of unbranched alkanes of at least 4 members (excludes halogenated alkanes) is 1. The van der Waals surface area contributed by atoms with Gasteiger partial charge in [-0.15, -0.1) is 0 Å². The van der Waals surface area contributed by atoms with Gasteiger partial charge >= 0.3 is 0 Å². The number of hydrogen-bond acceptors (Lipinski definition) is 4. The highest BCUT2D eigenvalue weighted by molar-refractivity contribution is 7.99. The number of aromatic nitrogens is 2. The topological polar surface area (TPSA) is 76.0 Å². The summed E-state index contributed by atoms with van der Waals surface area (Å²) in [4.78, 5) is 28.7. The lowest BCUT2D eigenvalue weighted by Crippen LogP contribution is -2.27. The van der Waals surface area contributed by atoms with Crippen molar-refractivity contribution in [3.63, 3.8) is 0 Å². The van der Waals surface area contributed by atoms with E-state index in [2.05, 4.69) is 34.7 Å². The van der Waals surface area contributed by atoms with Crippen molar-refractivity contribution >= 4 is 23.6 Å². The van der Waals surface area contributed by atoms with E-state index in [9.17, 15) is 9.59 Å². The molecule has 0 spiro atoms. The molecule has 0 saturated heterocycles. The minimum atomic E-state index is -0.0626. The Morgan fingerprint density at radius 2 is 1.77 bits per heavy atom. The Kier molecular flexibility index (Phi) is 8.72. The molecule has 2 amide bonds. The Bertz CT molecular complexity index is 971. The normalized spacial score (nSPS) is 10.6. The predicted octanol–water partition coefficient (Wildman–Crippen LogP) is 3.85. The first-order valence-corrected chi connectivity index (χ1v) is 11.5. The third kappa shape index (κ3) is 7.00. The quantitative estimate of drug-likeness (QED) is 0.354. The maximum atomic E-state index is 12.2. The van der Waals surface area contributed by atoms with Gasteiger partial charge in [0, 0.05) is 36.7 Å². The Balaban J connectivity index is 1.50. The summed E-state index contributed by atoms with van der Waals surface area (Å²) in [7, 11) is 0. The second-order valence-electron chi connectivity index (χ2n) is 7.11. The van der Waals surface area contributed by atoms with Crippen LogP contribution in [0.4, 0.5) is 0 Å². The van der Waals surface area contributed by atoms with E-state index < -0.39 is 0 Å². The lowest BCUT2D eigenvalue weighted by atomic mass is 10.1. The second-order valence-corrected chi connectivity index (χ2v) is 8.05. The van der Waals surface area contributed by atoms with E-state index in [1.54, 1.807) is 18.3 Å². The smallest absolute Gasteiger partial charge is 0.251 e. The molecule has 0 unspecified atom stereocenters. The van der Waals surface area contributed by atoms with Crippen LogP contribution in [0.5, 0.6) is 0 Å². The number of carbonyl (C=O) groups is 2. The zero-order valence-electron chi connectivity index (χ0n) is 17.7. The molecule has 2 N–H and O–H groups in total. The van der Waals surface area contributed by atoms with Crippen LogP contribution >= 0.6 is 11.8 Å². The maximum Gasteiger partial charge on any atom is 0.251 e. The number of rotatable bonds is 11. The molecule has 0 saturated carbocycles. The zero-order valence-corrected chi connectivity index (χ0v) is 18.5. The van der Waals surface area contributed by atoms with Gasteiger partial charge in [0.1, 0.15) is 0 Å². The van der Waals surface area contributed by atoms with Gasteiger partial charge in [-0.25, -0.2) is 4.98 Å². The number of nitrogens with zero attached hydrogens (tertiary/aromatic N) is 2. The van der Waals surface area contributed by atoms with E-state index in [1.165, 1.54) is 17.3 Å². The number of nitrogens with one attached hydrogen (secondary N) is 2. The molecule has 0 bridgehead atoms. The van der Waals surface area contributed by atoms with Crippen LogP contribution < -0.4 is 10.6 Å². The molecule has 1 aromatic heterocycles. The maximum absolute atomic E-state index is 12.2. The van der Waals surface area contributed by atoms with Gasteiger partial charge in [0.25, 0.3) is 5.91 Å². The number of benzene rings is 2. The molecule has 0 aliphatic rings. The average Bonchev–Trinajstić information content (AvgIpc) is 3.27. The summed E-state index contributed by atoms with van der Waals surface area (Å²) in [6.45, 7) is 3.39. The van der Waals surface area contributed by atoms with E-state index in [0.717, 1.165) is 30.1 Å². The number of imidazole rings is 1. The minimum absolute atomic E-state index is 0.0189. The minimum Gasteiger partial charge on any atom is -0.355 e. The largest absolute Gasteiger partial charge is 0.355 e. The van der Waals surface area contributed by atoms with Crippen molar-refractivity contribution in [2.45, 2.75) is 31.3 Å². The number of thioether (sulfide) groups is 1. The molecule has 0 radical (unpaired) electrons. The Hall–Kier alpha value is -3.06. The van der Waals surface area contributed by atoms with Gasteiger partial charge in [-0.3, -0.25) is 14.2 Å². The summed E-state index contributed by atoms with van der Waals surface area (Å²) in [6.07, 6.45) is 6.39. The van der Waals surface area contributed by atoms with Gasteiger partial charge in [0.2, 0.25) is 5.91 Å². The summed E-state index contributed by atoms with van der Waals surface area (Å²) in [5, 5.41) is 6.61. The first kappa shape index (κ1) is 22.6. The highest BCUT2D eigenvalue weighted by Gasteiger charge is 2.10. The first-order valence-electron chi connectivity index (χ1n) is 10.5. The van der Waals surface area contributed by atoms with E-state index >= 15 is 0 Å².